The summed E-state index contributed by atoms with van der Waals surface area (Å²) in [6.07, 6.45) is 3.65. The molecule has 0 radical (unpaired) electrons. The summed E-state index contributed by atoms with van der Waals surface area (Å²) in [6.45, 7) is 9.87. The number of methoxy groups -OCH3 is 1. The van der Waals surface area contributed by atoms with Crippen LogP contribution >= 0.6 is 0 Å². The number of ether oxygens (including phenoxy) is 4. The molecule has 4 aliphatic rings. The van der Waals surface area contributed by atoms with E-state index in [2.05, 4.69) is 5.32 Å². The third-order valence-corrected chi connectivity index (χ3v) is 9.86. The van der Waals surface area contributed by atoms with E-state index in [9.17, 15) is 44.4 Å². The van der Waals surface area contributed by atoms with E-state index in [0.717, 1.165) is 12.3 Å². The van der Waals surface area contributed by atoms with Gasteiger partial charge in [-0.3, -0.25) is 24.0 Å². The van der Waals surface area contributed by atoms with Crippen molar-refractivity contribution < 1.29 is 63.3 Å². The highest BCUT2D eigenvalue weighted by Crippen LogP contribution is 2.47. The Morgan fingerprint density at radius 3 is 2.25 bits per heavy atom. The van der Waals surface area contributed by atoms with Gasteiger partial charge < -0.3 is 44.7 Å². The van der Waals surface area contributed by atoms with E-state index < -0.39 is 112 Å². The van der Waals surface area contributed by atoms with E-state index in [4.69, 9.17) is 18.9 Å². The number of ketones is 3. The molecule has 1 aromatic carbocycles. The first-order chi connectivity index (χ1) is 23.9. The van der Waals surface area contributed by atoms with E-state index in [1.54, 1.807) is 33.8 Å². The van der Waals surface area contributed by atoms with Crippen molar-refractivity contribution in [1.29, 1.82) is 0 Å². The Hall–Kier alpha value is -4.63. The largest absolute Gasteiger partial charge is 0.507 e. The molecule has 5 bridgehead atoms. The molecule has 5 rings (SSSR count). The number of hydrogen-bond acceptors (Lipinski definition) is 13. The zero-order valence-electron chi connectivity index (χ0n) is 29.8. The third-order valence-electron chi connectivity index (χ3n) is 9.86. The highest BCUT2D eigenvalue weighted by atomic mass is 16.7. The van der Waals surface area contributed by atoms with Crippen LogP contribution in [-0.2, 0) is 23.8 Å². The number of amides is 1. The Kier molecular flexibility index (Phi) is 11.8. The lowest BCUT2D eigenvalue weighted by Crippen LogP contribution is -2.46. The normalized spacial score (nSPS) is 34.0. The van der Waals surface area contributed by atoms with Gasteiger partial charge in [-0.2, -0.15) is 0 Å². The Balaban J connectivity index is 1.85. The van der Waals surface area contributed by atoms with Crippen LogP contribution in [0.4, 0.5) is 0 Å². The number of esters is 1. The number of allylic oxidation sites excluding steroid dienone is 4. The fraction of sp³-hybridized carbons (Fsp3) is 0.486. The number of aromatic hydroxyl groups is 1. The number of aliphatic hydroxyl groups excluding tert-OH is 3. The average Bonchev–Trinajstić information content (AvgIpc) is 3.35. The number of hydrogen-bond donors (Lipinski definition) is 5. The molecule has 3 aliphatic heterocycles. The molecule has 0 spiro atoms. The van der Waals surface area contributed by atoms with E-state index in [1.165, 1.54) is 46.1 Å². The zero-order chi connectivity index (χ0) is 38.1. The fourth-order valence-electron chi connectivity index (χ4n) is 6.70. The number of phenols is 1. The third kappa shape index (κ3) is 7.40. The maximum atomic E-state index is 13.9. The molecule has 51 heavy (non-hydrogen) atoms. The second-order valence-corrected chi connectivity index (χ2v) is 13.4. The Bertz CT molecular complexity index is 1740. The van der Waals surface area contributed by atoms with Gasteiger partial charge in [0.1, 0.15) is 17.6 Å². The van der Waals surface area contributed by atoms with Crippen LogP contribution in [0.15, 0.2) is 47.9 Å². The number of Topliss-reactive ketones (excluding diaryl/α,β-unsaturated/α-hetero) is 2. The number of fused-ring (bicyclic) bond motifs is 14. The first-order valence-corrected chi connectivity index (χ1v) is 16.5. The molecule has 0 fully saturated rings. The summed E-state index contributed by atoms with van der Waals surface area (Å²) in [6, 6.07) is 0. The van der Waals surface area contributed by atoms with E-state index >= 15 is 0 Å². The SMILES string of the molecule is COC1/C=C/OC2(C)Oc3c(C)c(O)c4c(c3C2=O)C(=O)C=C(NC(=O)/C(CO)=C\C=C\C(C)C(O)C(C)C(O)C(C)C(OC(C)=O)C1C)C4=O. The van der Waals surface area contributed by atoms with Crippen LogP contribution < -0.4 is 10.1 Å². The number of benzene rings is 1. The minimum Gasteiger partial charge on any atom is -0.507 e. The summed E-state index contributed by atoms with van der Waals surface area (Å²) in [5.41, 5.74) is -1.94. The lowest BCUT2D eigenvalue weighted by atomic mass is 9.78. The first kappa shape index (κ1) is 39.2. The predicted molar refractivity (Wildman–Crippen MR) is 181 cm³/mol. The number of carbonyl (C=O) groups excluding carboxylic acids is 5. The van der Waals surface area contributed by atoms with Crippen LogP contribution in [-0.4, -0.2) is 93.6 Å². The number of aliphatic hydroxyl groups is 3. The summed E-state index contributed by atoms with van der Waals surface area (Å²) >= 11 is 0. The van der Waals surface area contributed by atoms with Gasteiger partial charge in [0.2, 0.25) is 5.78 Å². The summed E-state index contributed by atoms with van der Waals surface area (Å²) in [5, 5.41) is 45.9. The van der Waals surface area contributed by atoms with Gasteiger partial charge in [-0.05, 0) is 13.0 Å². The Labute approximate surface area is 295 Å². The summed E-state index contributed by atoms with van der Waals surface area (Å²) in [5.74, 6) is -9.68. The fourth-order valence-corrected chi connectivity index (χ4v) is 6.70. The second kappa shape index (κ2) is 15.3. The van der Waals surface area contributed by atoms with Crippen LogP contribution in [0.3, 0.4) is 0 Å². The number of carbonyl (C=O) groups is 5. The van der Waals surface area contributed by atoms with E-state index in [-0.39, 0.29) is 22.4 Å². The van der Waals surface area contributed by atoms with Gasteiger partial charge in [-0.1, -0.05) is 45.9 Å². The van der Waals surface area contributed by atoms with Gasteiger partial charge in [0.05, 0.1) is 53.6 Å². The molecule has 1 aromatic rings. The van der Waals surface area contributed by atoms with Crippen molar-refractivity contribution >= 4 is 29.2 Å². The minimum atomic E-state index is -2.06. The van der Waals surface area contributed by atoms with E-state index in [1.807, 2.05) is 0 Å². The van der Waals surface area contributed by atoms with Gasteiger partial charge >= 0.3 is 11.8 Å². The van der Waals surface area contributed by atoms with Crippen molar-refractivity contribution in [3.63, 3.8) is 0 Å². The molecule has 0 aromatic heterocycles. The Morgan fingerprint density at radius 1 is 0.980 bits per heavy atom. The molecule has 5 N–H and O–H groups in total. The van der Waals surface area contributed by atoms with Crippen molar-refractivity contribution in [2.45, 2.75) is 78.7 Å². The Morgan fingerprint density at radius 2 is 1.65 bits per heavy atom. The van der Waals surface area contributed by atoms with Crippen LogP contribution in [0.2, 0.25) is 0 Å². The maximum absolute atomic E-state index is 13.9. The maximum Gasteiger partial charge on any atom is 0.312 e. The highest BCUT2D eigenvalue weighted by Gasteiger charge is 2.51. The van der Waals surface area contributed by atoms with Gasteiger partial charge in [0.25, 0.3) is 11.7 Å². The van der Waals surface area contributed by atoms with Crippen LogP contribution in [0, 0.1) is 30.6 Å². The quantitative estimate of drug-likeness (QED) is 0.286. The predicted octanol–water partition coefficient (Wildman–Crippen LogP) is 2.60. The van der Waals surface area contributed by atoms with Crippen LogP contribution in [0.5, 0.6) is 11.5 Å². The van der Waals surface area contributed by atoms with Crippen molar-refractivity contribution in [2.24, 2.45) is 23.7 Å². The van der Waals surface area contributed by atoms with Gasteiger partial charge in [-0.25, -0.2) is 0 Å². The van der Waals surface area contributed by atoms with Crippen molar-refractivity contribution in [1.82, 2.24) is 5.32 Å². The van der Waals surface area contributed by atoms with Crippen molar-refractivity contribution in [2.75, 3.05) is 13.7 Å². The summed E-state index contributed by atoms with van der Waals surface area (Å²) < 4.78 is 23.0. The van der Waals surface area contributed by atoms with Crippen molar-refractivity contribution in [3.05, 3.63) is 70.2 Å². The molecule has 9 atom stereocenters. The van der Waals surface area contributed by atoms with E-state index in [0.29, 0.717) is 0 Å². The summed E-state index contributed by atoms with van der Waals surface area (Å²) in [7, 11) is 1.41. The number of nitrogens with one attached hydrogen (secondary N) is 1. The molecule has 14 nitrogen and oxygen atoms in total. The van der Waals surface area contributed by atoms with Crippen LogP contribution in [0.1, 0.15) is 78.2 Å². The lowest BCUT2D eigenvalue weighted by molar-refractivity contribution is -0.160. The topological polar surface area (TPSA) is 215 Å². The smallest absolute Gasteiger partial charge is 0.312 e. The minimum absolute atomic E-state index is 0.0283. The average molecular weight is 712 g/mol. The number of rotatable bonds is 3. The van der Waals surface area contributed by atoms with Gasteiger partial charge in [0.15, 0.2) is 5.78 Å². The number of phenolic OH excluding ortho intramolecular Hbond substituents is 1. The van der Waals surface area contributed by atoms with Crippen LogP contribution in [0.25, 0.3) is 0 Å². The summed E-state index contributed by atoms with van der Waals surface area (Å²) in [4.78, 5) is 66.3. The van der Waals surface area contributed by atoms with Gasteiger partial charge in [0, 0.05) is 61.8 Å². The molecular weight excluding hydrogens is 666 g/mol. The second-order valence-electron chi connectivity index (χ2n) is 13.4. The standard InChI is InChI=1S/C37H45NO13/c1-16-10-9-11-22(15-39)36(47)38-23-14-24(41)26-27(32(23)45)31(44)20(5)34-28(26)35(46)37(7,51-34)49-13-12-25(48-8)17(2)33(50-21(6)40)19(4)30(43)18(3)29(16)42/h9-14,16-19,25,29-30,33,39,42-44H,15H2,1-8H3,(H,38,47)/b10-9+,13-12+,22-11-. The zero-order valence-corrected chi connectivity index (χ0v) is 29.8. The molecule has 0 saturated carbocycles. The molecule has 3 heterocycles. The molecular formula is C37H45NO13. The molecule has 1 amide bonds. The molecule has 14 heteroatoms. The molecule has 276 valence electrons. The first-order valence-electron chi connectivity index (χ1n) is 16.5. The lowest BCUT2D eigenvalue weighted by Gasteiger charge is -2.38. The molecule has 1 aliphatic carbocycles. The van der Waals surface area contributed by atoms with Gasteiger partial charge in [-0.15, -0.1) is 0 Å². The molecule has 9 unspecified atom stereocenters. The molecule has 0 saturated heterocycles. The highest BCUT2D eigenvalue weighted by molar-refractivity contribution is 6.30. The monoisotopic (exact) mass is 711 g/mol. The van der Waals surface area contributed by atoms with Crippen molar-refractivity contribution in [3.8, 4) is 11.5 Å².